The zero-order chi connectivity index (χ0) is 18.0. The molecule has 0 atom stereocenters. The van der Waals surface area contributed by atoms with Gasteiger partial charge in [0.2, 0.25) is 0 Å². The molecule has 0 saturated carbocycles. The van der Waals surface area contributed by atoms with E-state index in [1.807, 2.05) is 13.0 Å². The Morgan fingerprint density at radius 3 is 2.36 bits per heavy atom. The lowest BCUT2D eigenvalue weighted by atomic mass is 10.0. The van der Waals surface area contributed by atoms with Crippen LogP contribution in [0.5, 0.6) is 5.75 Å². The minimum Gasteiger partial charge on any atom is -0.508 e. The van der Waals surface area contributed by atoms with Crippen LogP contribution in [-0.2, 0) is 9.47 Å². The molecule has 1 aromatic rings. The Labute approximate surface area is 152 Å². The van der Waals surface area contributed by atoms with E-state index in [0.717, 1.165) is 30.6 Å². The van der Waals surface area contributed by atoms with Crippen molar-refractivity contribution >= 4 is 5.69 Å². The van der Waals surface area contributed by atoms with Crippen LogP contribution < -0.4 is 5.32 Å². The summed E-state index contributed by atoms with van der Waals surface area (Å²) in [4.78, 5) is 0. The topological polar surface area (TPSA) is 50.7 Å². The van der Waals surface area contributed by atoms with Crippen molar-refractivity contribution < 1.29 is 14.6 Å². The molecular weight excluding hydrogens is 314 g/mol. The molecule has 0 unspecified atom stereocenters. The van der Waals surface area contributed by atoms with E-state index in [1.165, 1.54) is 44.9 Å². The monoisotopic (exact) mass is 349 g/mol. The minimum absolute atomic E-state index is 0.306. The highest BCUT2D eigenvalue weighted by atomic mass is 16.7. The van der Waals surface area contributed by atoms with Gasteiger partial charge in [-0.2, -0.15) is 0 Å². The summed E-state index contributed by atoms with van der Waals surface area (Å²) >= 11 is 0. The van der Waals surface area contributed by atoms with E-state index in [9.17, 15) is 5.11 Å². The van der Waals surface area contributed by atoms with Gasteiger partial charge in [-0.3, -0.25) is 0 Å². The zero-order valence-corrected chi connectivity index (χ0v) is 16.0. The third-order valence-corrected chi connectivity index (χ3v) is 5.01. The number of aromatic hydroxyl groups is 1. The van der Waals surface area contributed by atoms with E-state index in [-0.39, 0.29) is 0 Å². The molecule has 4 heteroatoms. The predicted molar refractivity (Wildman–Crippen MR) is 103 cm³/mol. The van der Waals surface area contributed by atoms with Crippen LogP contribution in [0.1, 0.15) is 70.3 Å². The molecule has 2 N–H and O–H groups in total. The lowest BCUT2D eigenvalue weighted by molar-refractivity contribution is -0.165. The molecule has 1 aromatic carbocycles. The highest BCUT2D eigenvalue weighted by molar-refractivity contribution is 5.53. The highest BCUT2D eigenvalue weighted by Gasteiger charge is 2.35. The molecule has 0 aromatic heterocycles. The summed E-state index contributed by atoms with van der Waals surface area (Å²) < 4.78 is 11.9. The van der Waals surface area contributed by atoms with Gasteiger partial charge in [0.1, 0.15) is 5.75 Å². The third kappa shape index (κ3) is 6.87. The quantitative estimate of drug-likeness (QED) is 0.392. The molecule has 1 saturated heterocycles. The molecule has 1 fully saturated rings. The van der Waals surface area contributed by atoms with E-state index < -0.39 is 5.79 Å². The van der Waals surface area contributed by atoms with E-state index in [2.05, 4.69) is 12.2 Å². The molecule has 1 aliphatic heterocycles. The molecule has 1 aliphatic rings. The maximum Gasteiger partial charge on any atom is 0.170 e. The Morgan fingerprint density at radius 2 is 1.68 bits per heavy atom. The van der Waals surface area contributed by atoms with Crippen molar-refractivity contribution in [2.24, 2.45) is 0 Å². The number of hydrogen-bond donors (Lipinski definition) is 2. The predicted octanol–water partition coefficient (Wildman–Crippen LogP) is 5.39. The fourth-order valence-corrected chi connectivity index (χ4v) is 3.50. The molecule has 2 rings (SSSR count). The normalized spacial score (nSPS) is 16.2. The van der Waals surface area contributed by atoms with Crippen LogP contribution in [0.25, 0.3) is 0 Å². The Balaban J connectivity index is 1.70. The molecule has 0 bridgehead atoms. The summed E-state index contributed by atoms with van der Waals surface area (Å²) in [5, 5.41) is 12.9. The lowest BCUT2D eigenvalue weighted by Gasteiger charge is -2.28. The number of nitrogens with one attached hydrogen (secondary N) is 1. The van der Waals surface area contributed by atoms with Gasteiger partial charge < -0.3 is 19.9 Å². The minimum atomic E-state index is -0.402. The van der Waals surface area contributed by atoms with Crippen LogP contribution in [0.15, 0.2) is 18.2 Å². The SMILES string of the molecule is CCCCCCCCCC1(CCNc2ccc(O)cc2C)OCCO1. The van der Waals surface area contributed by atoms with Crippen LogP contribution >= 0.6 is 0 Å². The van der Waals surface area contributed by atoms with Gasteiger partial charge in [0.15, 0.2) is 5.79 Å². The van der Waals surface area contributed by atoms with E-state index in [4.69, 9.17) is 9.47 Å². The van der Waals surface area contributed by atoms with Gasteiger partial charge in [0, 0.05) is 25.1 Å². The molecule has 0 radical (unpaired) electrons. The average Bonchev–Trinajstić information content (AvgIpc) is 3.05. The van der Waals surface area contributed by atoms with Crippen molar-refractivity contribution in [2.75, 3.05) is 25.1 Å². The van der Waals surface area contributed by atoms with Crippen LogP contribution in [0.4, 0.5) is 5.69 Å². The van der Waals surface area contributed by atoms with Crippen molar-refractivity contribution in [1.29, 1.82) is 0 Å². The number of benzene rings is 1. The first-order chi connectivity index (χ1) is 12.2. The van der Waals surface area contributed by atoms with Crippen LogP contribution in [0, 0.1) is 6.92 Å². The van der Waals surface area contributed by atoms with Crippen LogP contribution in [-0.4, -0.2) is 30.7 Å². The van der Waals surface area contributed by atoms with Gasteiger partial charge in [-0.25, -0.2) is 0 Å². The van der Waals surface area contributed by atoms with Gasteiger partial charge >= 0.3 is 0 Å². The van der Waals surface area contributed by atoms with Crippen molar-refractivity contribution in [1.82, 2.24) is 0 Å². The second kappa shape index (κ2) is 10.7. The second-order valence-electron chi connectivity index (χ2n) is 7.15. The Morgan fingerprint density at radius 1 is 1.00 bits per heavy atom. The number of rotatable bonds is 12. The van der Waals surface area contributed by atoms with Gasteiger partial charge in [-0.1, -0.05) is 45.4 Å². The molecule has 142 valence electrons. The first kappa shape index (κ1) is 20.1. The van der Waals surface area contributed by atoms with Gasteiger partial charge in [0.05, 0.1) is 13.2 Å². The maximum absolute atomic E-state index is 9.50. The number of phenolic OH excluding ortho intramolecular Hbond substituents is 1. The number of anilines is 1. The van der Waals surface area contributed by atoms with Gasteiger partial charge in [-0.05, 0) is 37.1 Å². The molecule has 4 nitrogen and oxygen atoms in total. The van der Waals surface area contributed by atoms with Crippen LogP contribution in [0.3, 0.4) is 0 Å². The second-order valence-corrected chi connectivity index (χ2v) is 7.15. The average molecular weight is 350 g/mol. The molecule has 0 aliphatic carbocycles. The first-order valence-corrected chi connectivity index (χ1v) is 9.97. The number of unbranched alkanes of at least 4 members (excludes halogenated alkanes) is 6. The summed E-state index contributed by atoms with van der Waals surface area (Å²) in [6.45, 7) is 6.47. The van der Waals surface area contributed by atoms with Crippen molar-refractivity contribution in [2.45, 2.75) is 77.4 Å². The first-order valence-electron chi connectivity index (χ1n) is 9.97. The van der Waals surface area contributed by atoms with E-state index in [1.54, 1.807) is 12.1 Å². The summed E-state index contributed by atoms with van der Waals surface area (Å²) in [5.74, 6) is -0.0951. The van der Waals surface area contributed by atoms with Gasteiger partial charge in [0.25, 0.3) is 0 Å². The Hall–Kier alpha value is -1.26. The largest absolute Gasteiger partial charge is 0.508 e. The molecule has 25 heavy (non-hydrogen) atoms. The summed E-state index contributed by atoms with van der Waals surface area (Å²) in [6.07, 6.45) is 11.0. The number of ether oxygens (including phenoxy) is 2. The van der Waals surface area contributed by atoms with Gasteiger partial charge in [-0.15, -0.1) is 0 Å². The third-order valence-electron chi connectivity index (χ3n) is 5.01. The molecular formula is C21H35NO3. The number of phenols is 1. The Bertz CT molecular complexity index is 498. The standard InChI is InChI=1S/C21H35NO3/c1-3-4-5-6-7-8-9-12-21(24-15-16-25-21)13-14-22-20-11-10-19(23)17-18(20)2/h10-11,17,22-23H,3-9,12-16H2,1-2H3. The zero-order valence-electron chi connectivity index (χ0n) is 16.0. The summed E-state index contributed by atoms with van der Waals surface area (Å²) in [5.41, 5.74) is 2.11. The number of hydrogen-bond acceptors (Lipinski definition) is 4. The van der Waals surface area contributed by atoms with Crippen LogP contribution in [0.2, 0.25) is 0 Å². The fourth-order valence-electron chi connectivity index (χ4n) is 3.50. The Kier molecular flexibility index (Phi) is 8.56. The smallest absolute Gasteiger partial charge is 0.170 e. The highest BCUT2D eigenvalue weighted by Crippen LogP contribution is 2.30. The molecule has 1 heterocycles. The van der Waals surface area contributed by atoms with Crippen molar-refractivity contribution in [3.63, 3.8) is 0 Å². The fraction of sp³-hybridized carbons (Fsp3) is 0.714. The number of aryl methyl sites for hydroxylation is 1. The van der Waals surface area contributed by atoms with Crippen molar-refractivity contribution in [3.05, 3.63) is 23.8 Å². The summed E-state index contributed by atoms with van der Waals surface area (Å²) in [6, 6.07) is 5.41. The summed E-state index contributed by atoms with van der Waals surface area (Å²) in [7, 11) is 0. The van der Waals surface area contributed by atoms with E-state index in [0.29, 0.717) is 19.0 Å². The van der Waals surface area contributed by atoms with Crippen molar-refractivity contribution in [3.8, 4) is 5.75 Å². The molecule has 0 spiro atoms. The maximum atomic E-state index is 9.50. The van der Waals surface area contributed by atoms with E-state index >= 15 is 0 Å². The molecule has 0 amide bonds. The lowest BCUT2D eigenvalue weighted by Crippen LogP contribution is -2.32.